The second-order valence-corrected chi connectivity index (χ2v) is 7.80. The van der Waals surface area contributed by atoms with Gasteiger partial charge in [-0.15, -0.1) is 11.8 Å². The largest absolute Gasteiger partial charge is 0.369 e. The molecule has 0 atom stereocenters. The summed E-state index contributed by atoms with van der Waals surface area (Å²) in [5, 5.41) is 4.91. The van der Waals surface area contributed by atoms with Gasteiger partial charge < -0.3 is 9.42 Å². The second-order valence-electron chi connectivity index (χ2n) is 6.48. The highest BCUT2D eigenvalue weighted by Gasteiger charge is 2.20. The minimum atomic E-state index is 0.648. The van der Waals surface area contributed by atoms with Crippen molar-refractivity contribution in [2.24, 2.45) is 0 Å². The predicted molar refractivity (Wildman–Crippen MR) is 110 cm³/mol. The number of halogens is 1. The molecule has 0 aliphatic carbocycles. The van der Waals surface area contributed by atoms with Crippen LogP contribution in [-0.2, 0) is 6.54 Å². The van der Waals surface area contributed by atoms with E-state index in [9.17, 15) is 0 Å². The Morgan fingerprint density at radius 3 is 2.56 bits per heavy atom. The van der Waals surface area contributed by atoms with Gasteiger partial charge in [0.1, 0.15) is 0 Å². The molecule has 0 saturated carbocycles. The van der Waals surface area contributed by atoms with Crippen LogP contribution in [0.1, 0.15) is 5.89 Å². The van der Waals surface area contributed by atoms with Gasteiger partial charge in [-0.3, -0.25) is 4.90 Å². The Morgan fingerprint density at radius 1 is 1.07 bits per heavy atom. The van der Waals surface area contributed by atoms with Crippen molar-refractivity contribution >= 4 is 29.1 Å². The molecule has 27 heavy (non-hydrogen) atoms. The van der Waals surface area contributed by atoms with Gasteiger partial charge in [-0.05, 0) is 48.7 Å². The summed E-state index contributed by atoms with van der Waals surface area (Å²) < 4.78 is 5.47. The lowest BCUT2D eigenvalue weighted by Gasteiger charge is -2.35. The van der Waals surface area contributed by atoms with Crippen molar-refractivity contribution in [1.29, 1.82) is 0 Å². The number of rotatable bonds is 5. The van der Waals surface area contributed by atoms with Gasteiger partial charge in [-0.25, -0.2) is 0 Å². The predicted octanol–water partition coefficient (Wildman–Crippen LogP) is 4.43. The molecule has 0 unspecified atom stereocenters. The Labute approximate surface area is 168 Å². The molecule has 0 bridgehead atoms. The first-order valence-corrected chi connectivity index (χ1v) is 10.5. The molecule has 2 heterocycles. The van der Waals surface area contributed by atoms with E-state index in [1.165, 1.54) is 10.6 Å². The molecule has 0 radical (unpaired) electrons. The molecule has 1 aliphatic rings. The number of aromatic nitrogens is 2. The van der Waals surface area contributed by atoms with Crippen LogP contribution in [0.25, 0.3) is 11.4 Å². The minimum Gasteiger partial charge on any atom is -0.369 e. The molecule has 4 rings (SSSR count). The highest BCUT2D eigenvalue weighted by Crippen LogP contribution is 2.23. The molecule has 1 saturated heterocycles. The molecule has 1 aromatic heterocycles. The van der Waals surface area contributed by atoms with Crippen molar-refractivity contribution in [2.45, 2.75) is 11.4 Å². The fourth-order valence-electron chi connectivity index (χ4n) is 3.20. The van der Waals surface area contributed by atoms with E-state index in [2.05, 4.69) is 44.4 Å². The number of thioether (sulfide) groups is 1. The van der Waals surface area contributed by atoms with Crippen LogP contribution in [0.15, 0.2) is 57.9 Å². The van der Waals surface area contributed by atoms with Gasteiger partial charge >= 0.3 is 0 Å². The van der Waals surface area contributed by atoms with E-state index < -0.39 is 0 Å². The number of nitrogens with zero attached hydrogens (tertiary/aromatic N) is 4. The standard InChI is InChI=1S/C20H21ClN4OS/c1-27-18-7-5-15(6-8-18)20-22-19(26-23-20)14-24-9-11-25(12-10-24)17-4-2-3-16(21)13-17/h2-8,13H,9-12,14H2,1H3. The van der Waals surface area contributed by atoms with Crippen LogP contribution in [0.2, 0.25) is 5.02 Å². The van der Waals surface area contributed by atoms with E-state index in [0.29, 0.717) is 18.3 Å². The summed E-state index contributed by atoms with van der Waals surface area (Å²) in [5.74, 6) is 1.31. The second kappa shape index (κ2) is 8.33. The van der Waals surface area contributed by atoms with Crippen molar-refractivity contribution in [3.05, 3.63) is 59.4 Å². The summed E-state index contributed by atoms with van der Waals surface area (Å²) in [4.78, 5) is 10.5. The lowest BCUT2D eigenvalue weighted by molar-refractivity contribution is 0.215. The number of hydrogen-bond acceptors (Lipinski definition) is 6. The van der Waals surface area contributed by atoms with Gasteiger partial charge in [0.2, 0.25) is 11.7 Å². The third-order valence-electron chi connectivity index (χ3n) is 4.72. The summed E-state index contributed by atoms with van der Waals surface area (Å²) in [7, 11) is 0. The Morgan fingerprint density at radius 2 is 1.85 bits per heavy atom. The summed E-state index contributed by atoms with van der Waals surface area (Å²) in [6, 6.07) is 16.2. The van der Waals surface area contributed by atoms with Crippen LogP contribution >= 0.6 is 23.4 Å². The van der Waals surface area contributed by atoms with Gasteiger partial charge in [0.05, 0.1) is 6.54 Å². The third-order valence-corrected chi connectivity index (χ3v) is 5.70. The smallest absolute Gasteiger partial charge is 0.241 e. The molecule has 0 N–H and O–H groups in total. The maximum atomic E-state index is 6.10. The van der Waals surface area contributed by atoms with Crippen molar-refractivity contribution < 1.29 is 4.52 Å². The number of benzene rings is 2. The molecule has 5 nitrogen and oxygen atoms in total. The summed E-state index contributed by atoms with van der Waals surface area (Å²) >= 11 is 7.82. The van der Waals surface area contributed by atoms with Crippen molar-refractivity contribution in [1.82, 2.24) is 15.0 Å². The van der Waals surface area contributed by atoms with Gasteiger partial charge in [0, 0.05) is 47.3 Å². The molecule has 140 valence electrons. The van der Waals surface area contributed by atoms with Crippen LogP contribution in [-0.4, -0.2) is 47.5 Å². The van der Waals surface area contributed by atoms with E-state index in [4.69, 9.17) is 16.1 Å². The Hall–Kier alpha value is -2.02. The molecule has 0 spiro atoms. The van der Waals surface area contributed by atoms with Crippen LogP contribution in [0.5, 0.6) is 0 Å². The van der Waals surface area contributed by atoms with Gasteiger partial charge in [-0.2, -0.15) is 4.98 Å². The van der Waals surface area contributed by atoms with Gasteiger partial charge in [0.25, 0.3) is 0 Å². The average molecular weight is 401 g/mol. The van der Waals surface area contributed by atoms with E-state index in [0.717, 1.165) is 36.8 Å². The topological polar surface area (TPSA) is 45.4 Å². The lowest BCUT2D eigenvalue weighted by Crippen LogP contribution is -2.46. The molecule has 1 fully saturated rings. The number of piperazine rings is 1. The summed E-state index contributed by atoms with van der Waals surface area (Å²) in [6.45, 7) is 4.49. The average Bonchev–Trinajstić information content (AvgIpc) is 3.17. The number of anilines is 1. The molecular weight excluding hydrogens is 380 g/mol. The maximum Gasteiger partial charge on any atom is 0.241 e. The Balaban J connectivity index is 1.35. The normalized spacial score (nSPS) is 15.3. The van der Waals surface area contributed by atoms with Gasteiger partial charge in [0.15, 0.2) is 0 Å². The lowest BCUT2D eigenvalue weighted by atomic mass is 10.2. The molecule has 3 aromatic rings. The zero-order chi connectivity index (χ0) is 18.6. The summed E-state index contributed by atoms with van der Waals surface area (Å²) in [6.07, 6.45) is 2.06. The third kappa shape index (κ3) is 4.46. The first-order chi connectivity index (χ1) is 13.2. The first kappa shape index (κ1) is 18.3. The molecule has 7 heteroatoms. The van der Waals surface area contributed by atoms with Crippen LogP contribution in [0, 0.1) is 0 Å². The molecule has 2 aromatic carbocycles. The highest BCUT2D eigenvalue weighted by molar-refractivity contribution is 7.98. The minimum absolute atomic E-state index is 0.648. The van der Waals surface area contributed by atoms with E-state index >= 15 is 0 Å². The van der Waals surface area contributed by atoms with Crippen LogP contribution in [0.3, 0.4) is 0 Å². The molecule has 1 aliphatic heterocycles. The van der Waals surface area contributed by atoms with Crippen molar-refractivity contribution in [3.8, 4) is 11.4 Å². The SMILES string of the molecule is CSc1ccc(-c2noc(CN3CCN(c4cccc(Cl)c4)CC3)n2)cc1. The first-order valence-electron chi connectivity index (χ1n) is 8.91. The van der Waals surface area contributed by atoms with Gasteiger partial charge in [-0.1, -0.05) is 22.8 Å². The van der Waals surface area contributed by atoms with Crippen molar-refractivity contribution in [3.63, 3.8) is 0 Å². The monoisotopic (exact) mass is 400 g/mol. The van der Waals surface area contributed by atoms with Crippen LogP contribution < -0.4 is 4.90 Å². The van der Waals surface area contributed by atoms with Crippen molar-refractivity contribution in [2.75, 3.05) is 37.3 Å². The maximum absolute atomic E-state index is 6.10. The quantitative estimate of drug-likeness (QED) is 0.590. The van der Waals surface area contributed by atoms with E-state index in [1.54, 1.807) is 11.8 Å². The zero-order valence-corrected chi connectivity index (χ0v) is 16.7. The Kier molecular flexibility index (Phi) is 5.66. The van der Waals surface area contributed by atoms with Crippen LogP contribution in [0.4, 0.5) is 5.69 Å². The highest BCUT2D eigenvalue weighted by atomic mass is 35.5. The van der Waals surface area contributed by atoms with E-state index in [1.807, 2.05) is 30.3 Å². The number of hydrogen-bond donors (Lipinski definition) is 0. The summed E-state index contributed by atoms with van der Waals surface area (Å²) in [5.41, 5.74) is 2.16. The molecule has 0 amide bonds. The molecular formula is C20H21ClN4OS. The fraction of sp³-hybridized carbons (Fsp3) is 0.300. The Bertz CT molecular complexity index is 891. The zero-order valence-electron chi connectivity index (χ0n) is 15.1. The van der Waals surface area contributed by atoms with E-state index in [-0.39, 0.29) is 0 Å². The fourth-order valence-corrected chi connectivity index (χ4v) is 3.80.